The Hall–Kier alpha value is -6.12. The van der Waals surface area contributed by atoms with Crippen LogP contribution in [-0.2, 0) is 0 Å². The van der Waals surface area contributed by atoms with Gasteiger partial charge in [-0.05, 0) is 91.0 Å². The molecule has 10 rings (SSSR count). The van der Waals surface area contributed by atoms with E-state index in [-0.39, 0.29) is 24.2 Å². The van der Waals surface area contributed by atoms with E-state index in [1.807, 2.05) is 60.7 Å². The van der Waals surface area contributed by atoms with Crippen LogP contribution < -0.4 is 0 Å². The van der Waals surface area contributed by atoms with Crippen LogP contribution in [0.5, 0.6) is 0 Å². The second kappa shape index (κ2) is 9.69. The van der Waals surface area contributed by atoms with Gasteiger partial charge in [0.2, 0.25) is 0 Å². The van der Waals surface area contributed by atoms with Crippen molar-refractivity contribution in [3.8, 4) is 33.6 Å². The van der Waals surface area contributed by atoms with E-state index in [0.29, 0.717) is 5.76 Å². The molecule has 0 spiro atoms. The quantitative estimate of drug-likeness (QED) is 0.191. The van der Waals surface area contributed by atoms with Gasteiger partial charge in [0.1, 0.15) is 22.5 Å². The summed E-state index contributed by atoms with van der Waals surface area (Å²) in [5, 5.41) is 8.47. The Labute approximate surface area is 270 Å². The van der Waals surface area contributed by atoms with Crippen LogP contribution in [0.3, 0.4) is 0 Å². The number of fused-ring (bicyclic) bond motifs is 7. The maximum absolute atomic E-state index is 8.69. The number of hydrogen-bond acceptors (Lipinski definition) is 2. The Kier molecular flexibility index (Phi) is 4.54. The highest BCUT2D eigenvalue weighted by Crippen LogP contribution is 2.45. The highest BCUT2D eigenvalue weighted by Gasteiger charge is 2.19. The normalized spacial score (nSPS) is 13.1. The van der Waals surface area contributed by atoms with Crippen molar-refractivity contribution >= 4 is 65.2 Å². The lowest BCUT2D eigenvalue weighted by atomic mass is 9.85. The molecular weight excluding hydrogens is 560 g/mol. The lowest BCUT2D eigenvalue weighted by Gasteiger charge is -2.18. The summed E-state index contributed by atoms with van der Waals surface area (Å²) in [6, 6.07) is 44.3. The predicted molar refractivity (Wildman–Crippen MR) is 192 cm³/mol. The Morgan fingerprint density at radius 3 is 1.74 bits per heavy atom. The summed E-state index contributed by atoms with van der Waals surface area (Å²) in [6.45, 7) is 0. The van der Waals surface area contributed by atoms with E-state index in [9.17, 15) is 0 Å². The molecule has 214 valence electrons. The first-order valence-corrected chi connectivity index (χ1v) is 15.3. The van der Waals surface area contributed by atoms with Crippen molar-refractivity contribution in [1.29, 1.82) is 0 Å². The van der Waals surface area contributed by atoms with E-state index in [1.54, 1.807) is 24.3 Å². The predicted octanol–water partition coefficient (Wildman–Crippen LogP) is 12.8. The Morgan fingerprint density at radius 1 is 0.391 bits per heavy atom. The van der Waals surface area contributed by atoms with Crippen LogP contribution in [0.15, 0.2) is 166 Å². The standard InChI is InChI=1S/C44H26O2/c1-2-11-28-24-29(21-20-27(28)10-1)42-33-13-3-5-15-35(33)43(36-16-6-4-14-34(36)42)30-22-23-39-31(25-30)26-41(45-39)38-18-9-17-37-32-12-7-8-19-40(32)46-44(37)38/h1-26H/i3D,4D,5D,6D. The molecule has 0 N–H and O–H groups in total. The SMILES string of the molecule is [2H]c1cc2c(-c3ccc4ccccc4c3)c3cc([2H])c([2H])cc3c(-c3ccc4oc(-c5cccc6c5oc5ccccc56)cc4c3)c2cc1[2H]. The van der Waals surface area contributed by atoms with E-state index < -0.39 is 0 Å². The molecule has 0 saturated heterocycles. The molecule has 0 amide bonds. The topological polar surface area (TPSA) is 26.3 Å². The molecular formula is C44H26O2. The first-order valence-electron chi connectivity index (χ1n) is 17.3. The molecule has 10 aromatic rings. The van der Waals surface area contributed by atoms with Crippen LogP contribution in [0.4, 0.5) is 0 Å². The van der Waals surface area contributed by atoms with Gasteiger partial charge in [-0.3, -0.25) is 0 Å². The molecule has 2 aromatic heterocycles. The summed E-state index contributed by atoms with van der Waals surface area (Å²) < 4.78 is 47.4. The van der Waals surface area contributed by atoms with Gasteiger partial charge in [0, 0.05) is 16.2 Å². The molecule has 2 nitrogen and oxygen atoms in total. The van der Waals surface area contributed by atoms with E-state index in [2.05, 4.69) is 48.5 Å². The molecule has 2 heteroatoms. The van der Waals surface area contributed by atoms with E-state index >= 15 is 0 Å². The molecule has 0 unspecified atom stereocenters. The summed E-state index contributed by atoms with van der Waals surface area (Å²) >= 11 is 0. The fraction of sp³-hybridized carbons (Fsp3) is 0. The molecule has 0 aliphatic carbocycles. The maximum atomic E-state index is 8.69. The van der Waals surface area contributed by atoms with Gasteiger partial charge in [-0.1, -0.05) is 121 Å². The van der Waals surface area contributed by atoms with Crippen LogP contribution in [0.2, 0.25) is 0 Å². The number of para-hydroxylation sites is 2. The second-order valence-corrected chi connectivity index (χ2v) is 11.8. The highest BCUT2D eigenvalue weighted by molar-refractivity contribution is 6.22. The molecule has 0 bridgehead atoms. The lowest BCUT2D eigenvalue weighted by Crippen LogP contribution is -1.90. The van der Waals surface area contributed by atoms with Crippen molar-refractivity contribution in [2.24, 2.45) is 0 Å². The average Bonchev–Trinajstić information content (AvgIpc) is 3.73. The summed E-state index contributed by atoms with van der Waals surface area (Å²) in [5.41, 5.74) is 6.78. The fourth-order valence-electron chi connectivity index (χ4n) is 7.12. The van der Waals surface area contributed by atoms with Crippen LogP contribution >= 0.6 is 0 Å². The van der Waals surface area contributed by atoms with Crippen molar-refractivity contribution < 1.29 is 14.3 Å². The summed E-state index contributed by atoms with van der Waals surface area (Å²) in [7, 11) is 0. The lowest BCUT2D eigenvalue weighted by molar-refractivity contribution is 0.626. The minimum absolute atomic E-state index is 0.122. The summed E-state index contributed by atoms with van der Waals surface area (Å²) in [4.78, 5) is 0. The van der Waals surface area contributed by atoms with Crippen LogP contribution in [0, 0.1) is 0 Å². The zero-order valence-electron chi connectivity index (χ0n) is 28.5. The average molecular weight is 591 g/mol. The van der Waals surface area contributed by atoms with Crippen LogP contribution in [-0.4, -0.2) is 0 Å². The molecule has 0 radical (unpaired) electrons. The third-order valence-corrected chi connectivity index (χ3v) is 9.20. The van der Waals surface area contributed by atoms with Crippen molar-refractivity contribution in [3.05, 3.63) is 158 Å². The molecule has 0 fully saturated rings. The summed E-state index contributed by atoms with van der Waals surface area (Å²) in [5.74, 6) is 0.697. The van der Waals surface area contributed by atoms with E-state index in [0.717, 1.165) is 93.0 Å². The van der Waals surface area contributed by atoms with Crippen molar-refractivity contribution in [2.75, 3.05) is 0 Å². The van der Waals surface area contributed by atoms with Gasteiger partial charge in [-0.25, -0.2) is 0 Å². The zero-order valence-corrected chi connectivity index (χ0v) is 24.5. The maximum Gasteiger partial charge on any atom is 0.146 e. The zero-order chi connectivity index (χ0) is 33.7. The molecule has 0 atom stereocenters. The van der Waals surface area contributed by atoms with Gasteiger partial charge < -0.3 is 8.83 Å². The number of benzene rings is 8. The Balaban J connectivity index is 1.24. The summed E-state index contributed by atoms with van der Waals surface area (Å²) in [6.07, 6.45) is 0. The largest absolute Gasteiger partial charge is 0.456 e. The Morgan fingerprint density at radius 2 is 1.00 bits per heavy atom. The number of rotatable bonds is 3. The first-order chi connectivity index (χ1) is 24.4. The monoisotopic (exact) mass is 590 g/mol. The van der Waals surface area contributed by atoms with Gasteiger partial charge in [-0.15, -0.1) is 0 Å². The van der Waals surface area contributed by atoms with Crippen molar-refractivity contribution in [1.82, 2.24) is 0 Å². The van der Waals surface area contributed by atoms with Gasteiger partial charge in [-0.2, -0.15) is 0 Å². The van der Waals surface area contributed by atoms with E-state index in [1.165, 1.54) is 0 Å². The second-order valence-electron chi connectivity index (χ2n) is 11.8. The smallest absolute Gasteiger partial charge is 0.146 e. The third-order valence-electron chi connectivity index (χ3n) is 9.20. The molecule has 46 heavy (non-hydrogen) atoms. The Bertz CT molecular complexity index is 2970. The van der Waals surface area contributed by atoms with Gasteiger partial charge in [0.25, 0.3) is 0 Å². The molecule has 0 aliphatic heterocycles. The van der Waals surface area contributed by atoms with E-state index in [4.69, 9.17) is 14.3 Å². The third kappa shape index (κ3) is 3.71. The molecule has 0 saturated carbocycles. The molecule has 8 aromatic carbocycles. The minimum Gasteiger partial charge on any atom is -0.456 e. The number of hydrogen-bond donors (Lipinski definition) is 0. The van der Waals surface area contributed by atoms with Crippen molar-refractivity contribution in [2.45, 2.75) is 0 Å². The van der Waals surface area contributed by atoms with Crippen molar-refractivity contribution in [3.63, 3.8) is 0 Å². The fourth-order valence-corrected chi connectivity index (χ4v) is 7.12. The van der Waals surface area contributed by atoms with Gasteiger partial charge in [0.15, 0.2) is 0 Å². The minimum atomic E-state index is 0.122. The van der Waals surface area contributed by atoms with Gasteiger partial charge >= 0.3 is 0 Å². The molecule has 0 aliphatic rings. The molecule has 2 heterocycles. The van der Waals surface area contributed by atoms with Crippen LogP contribution in [0.1, 0.15) is 5.48 Å². The number of furan rings is 2. The highest BCUT2D eigenvalue weighted by atomic mass is 16.3. The van der Waals surface area contributed by atoms with Gasteiger partial charge in [0.05, 0.1) is 11.0 Å². The van der Waals surface area contributed by atoms with Crippen LogP contribution in [0.25, 0.3) is 98.8 Å². The first kappa shape index (κ1) is 21.6.